The number of likely N-dealkylation sites (tertiary alicyclic amines) is 1. The Kier molecular flexibility index (Phi) is 6.56. The first-order valence-electron chi connectivity index (χ1n) is 11.5. The fourth-order valence-electron chi connectivity index (χ4n) is 4.90. The van der Waals surface area contributed by atoms with Crippen LogP contribution in [0.3, 0.4) is 0 Å². The molecule has 33 heavy (non-hydrogen) atoms. The number of aliphatic hydroxyl groups excluding tert-OH is 1. The van der Waals surface area contributed by atoms with Gasteiger partial charge in [-0.15, -0.1) is 0 Å². The molecule has 4 rings (SSSR count). The van der Waals surface area contributed by atoms with Crippen LogP contribution in [0.1, 0.15) is 53.6 Å². The van der Waals surface area contributed by atoms with Crippen LogP contribution in [0, 0.1) is 13.8 Å². The Hall–Kier alpha value is -3.12. The van der Waals surface area contributed by atoms with Crippen LogP contribution in [-0.2, 0) is 20.7 Å². The lowest BCUT2D eigenvalue weighted by molar-refractivity contribution is -0.140. The molecule has 1 amide bonds. The molecule has 174 valence electrons. The molecule has 6 nitrogen and oxygen atoms in total. The molecule has 2 atom stereocenters. The van der Waals surface area contributed by atoms with E-state index in [0.717, 1.165) is 41.5 Å². The minimum Gasteiger partial charge on any atom is -0.507 e. The molecule has 0 aromatic heterocycles. The molecular weight excluding hydrogens is 418 g/mol. The van der Waals surface area contributed by atoms with Gasteiger partial charge in [0, 0.05) is 13.2 Å². The molecule has 2 saturated heterocycles. The predicted octanol–water partition coefficient (Wildman–Crippen LogP) is 4.48. The number of hydrogen-bond donors (Lipinski definition) is 1. The summed E-state index contributed by atoms with van der Waals surface area (Å²) in [5.74, 6) is -1.02. The van der Waals surface area contributed by atoms with Crippen molar-refractivity contribution in [2.24, 2.45) is 0 Å². The topological polar surface area (TPSA) is 76.1 Å². The Morgan fingerprint density at radius 1 is 1.18 bits per heavy atom. The number of aryl methyl sites for hydroxylation is 3. The SMILES string of the molecule is CCc1ccc(C2/C(=C(\O)c3cc(C)cc(C)c3OC)C(=O)C(=O)N2CC2CCCO2)cc1. The van der Waals surface area contributed by atoms with Gasteiger partial charge in [-0.1, -0.05) is 37.3 Å². The van der Waals surface area contributed by atoms with Gasteiger partial charge in [0.1, 0.15) is 11.5 Å². The number of carbonyl (C=O) groups is 2. The van der Waals surface area contributed by atoms with E-state index in [0.29, 0.717) is 24.5 Å². The number of benzene rings is 2. The van der Waals surface area contributed by atoms with Crippen molar-refractivity contribution in [1.29, 1.82) is 0 Å². The Morgan fingerprint density at radius 3 is 2.52 bits per heavy atom. The van der Waals surface area contributed by atoms with Crippen molar-refractivity contribution in [3.05, 3.63) is 69.8 Å². The monoisotopic (exact) mass is 449 g/mol. The molecule has 2 unspecified atom stereocenters. The maximum absolute atomic E-state index is 13.3. The molecule has 0 spiro atoms. The molecule has 0 radical (unpaired) electrons. The van der Waals surface area contributed by atoms with Crippen LogP contribution in [0.25, 0.3) is 5.76 Å². The van der Waals surface area contributed by atoms with Crippen molar-refractivity contribution < 1.29 is 24.2 Å². The van der Waals surface area contributed by atoms with Gasteiger partial charge in [0.25, 0.3) is 11.7 Å². The summed E-state index contributed by atoms with van der Waals surface area (Å²) >= 11 is 0. The molecule has 2 fully saturated rings. The Morgan fingerprint density at radius 2 is 1.91 bits per heavy atom. The van der Waals surface area contributed by atoms with E-state index in [-0.39, 0.29) is 17.4 Å². The lowest BCUT2D eigenvalue weighted by atomic mass is 9.93. The lowest BCUT2D eigenvalue weighted by Gasteiger charge is -2.27. The van der Waals surface area contributed by atoms with Crippen LogP contribution in [0.2, 0.25) is 0 Å². The Labute approximate surface area is 194 Å². The van der Waals surface area contributed by atoms with Crippen molar-refractivity contribution >= 4 is 17.4 Å². The third kappa shape index (κ3) is 4.27. The molecule has 2 heterocycles. The molecule has 2 aliphatic heterocycles. The number of Topliss-reactive ketones (excluding diaryl/α,β-unsaturated/α-hetero) is 1. The van der Waals surface area contributed by atoms with E-state index < -0.39 is 17.7 Å². The van der Waals surface area contributed by atoms with Gasteiger partial charge in [0.2, 0.25) is 0 Å². The van der Waals surface area contributed by atoms with Crippen molar-refractivity contribution in [2.75, 3.05) is 20.3 Å². The van der Waals surface area contributed by atoms with Crippen LogP contribution in [0.15, 0.2) is 42.0 Å². The second-order valence-corrected chi connectivity index (χ2v) is 8.84. The van der Waals surface area contributed by atoms with Gasteiger partial charge in [0.05, 0.1) is 30.4 Å². The smallest absolute Gasteiger partial charge is 0.295 e. The molecule has 0 saturated carbocycles. The van der Waals surface area contributed by atoms with Gasteiger partial charge in [0.15, 0.2) is 0 Å². The predicted molar refractivity (Wildman–Crippen MR) is 126 cm³/mol. The summed E-state index contributed by atoms with van der Waals surface area (Å²) in [5, 5.41) is 11.4. The molecule has 1 N–H and O–H groups in total. The number of rotatable bonds is 6. The normalized spacial score (nSPS) is 22.2. The van der Waals surface area contributed by atoms with E-state index in [4.69, 9.17) is 9.47 Å². The molecule has 6 heteroatoms. The van der Waals surface area contributed by atoms with Crippen molar-refractivity contribution in [3.8, 4) is 5.75 Å². The number of aliphatic hydroxyl groups is 1. The zero-order valence-electron chi connectivity index (χ0n) is 19.7. The summed E-state index contributed by atoms with van der Waals surface area (Å²) in [5.41, 5.74) is 4.22. The minimum absolute atomic E-state index is 0.0885. The summed E-state index contributed by atoms with van der Waals surface area (Å²) < 4.78 is 11.3. The van der Waals surface area contributed by atoms with Gasteiger partial charge in [-0.25, -0.2) is 0 Å². The van der Waals surface area contributed by atoms with Gasteiger partial charge < -0.3 is 19.5 Å². The van der Waals surface area contributed by atoms with Crippen LogP contribution in [0.4, 0.5) is 0 Å². The standard InChI is InChI=1S/C27H31NO5/c1-5-18-8-10-19(11-9-18)23-22(24(29)21-14-16(2)13-17(3)26(21)32-4)25(30)27(31)28(23)15-20-7-6-12-33-20/h8-11,13-14,20,23,29H,5-7,12,15H2,1-4H3/b24-22+. The summed E-state index contributed by atoms with van der Waals surface area (Å²) in [6.07, 6.45) is 2.55. The maximum Gasteiger partial charge on any atom is 0.295 e. The van der Waals surface area contributed by atoms with E-state index >= 15 is 0 Å². The molecule has 2 aromatic rings. The van der Waals surface area contributed by atoms with Gasteiger partial charge in [-0.2, -0.15) is 0 Å². The third-order valence-electron chi connectivity index (χ3n) is 6.55. The minimum atomic E-state index is -0.689. The summed E-state index contributed by atoms with van der Waals surface area (Å²) in [6.45, 7) is 6.85. The first kappa shape index (κ1) is 23.1. The van der Waals surface area contributed by atoms with Crippen molar-refractivity contribution in [1.82, 2.24) is 4.90 Å². The number of ether oxygens (including phenoxy) is 2. The van der Waals surface area contributed by atoms with E-state index in [1.54, 1.807) is 11.0 Å². The highest BCUT2D eigenvalue weighted by atomic mass is 16.5. The van der Waals surface area contributed by atoms with Gasteiger partial charge >= 0.3 is 0 Å². The second-order valence-electron chi connectivity index (χ2n) is 8.84. The van der Waals surface area contributed by atoms with Crippen LogP contribution >= 0.6 is 0 Å². The number of methoxy groups -OCH3 is 1. The lowest BCUT2D eigenvalue weighted by Crippen LogP contribution is -2.36. The van der Waals surface area contributed by atoms with E-state index in [9.17, 15) is 14.7 Å². The van der Waals surface area contributed by atoms with Crippen molar-refractivity contribution in [3.63, 3.8) is 0 Å². The second kappa shape index (κ2) is 9.40. The maximum atomic E-state index is 13.3. The number of nitrogens with zero attached hydrogens (tertiary/aromatic N) is 1. The zero-order chi connectivity index (χ0) is 23.7. The van der Waals surface area contributed by atoms with E-state index in [1.807, 2.05) is 44.2 Å². The molecule has 0 bridgehead atoms. The first-order chi connectivity index (χ1) is 15.8. The van der Waals surface area contributed by atoms with E-state index in [1.165, 1.54) is 7.11 Å². The number of ketones is 1. The number of amides is 1. The van der Waals surface area contributed by atoms with Crippen LogP contribution < -0.4 is 4.74 Å². The summed E-state index contributed by atoms with van der Waals surface area (Å²) in [7, 11) is 1.53. The van der Waals surface area contributed by atoms with Crippen LogP contribution in [0.5, 0.6) is 5.75 Å². The molecular formula is C27H31NO5. The highest BCUT2D eigenvalue weighted by Crippen LogP contribution is 2.42. The largest absolute Gasteiger partial charge is 0.507 e. The van der Waals surface area contributed by atoms with Gasteiger partial charge in [-0.05, 0) is 61.4 Å². The van der Waals surface area contributed by atoms with Gasteiger partial charge in [-0.3, -0.25) is 9.59 Å². The summed E-state index contributed by atoms with van der Waals surface area (Å²) in [4.78, 5) is 28.0. The fourth-order valence-corrected chi connectivity index (χ4v) is 4.90. The molecule has 2 aromatic carbocycles. The number of hydrogen-bond acceptors (Lipinski definition) is 5. The average molecular weight is 450 g/mol. The highest BCUT2D eigenvalue weighted by Gasteiger charge is 2.47. The highest BCUT2D eigenvalue weighted by molar-refractivity contribution is 6.46. The van der Waals surface area contributed by atoms with Crippen LogP contribution in [-0.4, -0.2) is 48.1 Å². The average Bonchev–Trinajstić information content (AvgIpc) is 3.40. The number of carbonyl (C=O) groups excluding carboxylic acids is 2. The van der Waals surface area contributed by atoms with Crippen molar-refractivity contribution in [2.45, 2.75) is 52.2 Å². The van der Waals surface area contributed by atoms with E-state index in [2.05, 4.69) is 6.92 Å². The summed E-state index contributed by atoms with van der Waals surface area (Å²) in [6, 6.07) is 10.9. The molecule has 2 aliphatic rings. The Bertz CT molecular complexity index is 1100. The molecule has 0 aliphatic carbocycles. The zero-order valence-corrected chi connectivity index (χ0v) is 19.7. The third-order valence-corrected chi connectivity index (χ3v) is 6.55. The Balaban J connectivity index is 1.88. The first-order valence-corrected chi connectivity index (χ1v) is 11.5. The quantitative estimate of drug-likeness (QED) is 0.400. The fraction of sp³-hybridized carbons (Fsp3) is 0.407.